The van der Waals surface area contributed by atoms with E-state index in [0.717, 1.165) is 44.1 Å². The number of likely N-dealkylation sites (N-methyl/N-ethyl adjacent to an activating group) is 1. The molecule has 1 saturated carbocycles. The van der Waals surface area contributed by atoms with Crippen LogP contribution in [0.5, 0.6) is 0 Å². The van der Waals surface area contributed by atoms with E-state index in [2.05, 4.69) is 36.3 Å². The second kappa shape index (κ2) is 26.8. The maximum Gasteiger partial charge on any atom is 0.409 e. The minimum absolute atomic E-state index is 0.000924. The number of fused-ring (bicyclic) bond motifs is 1. The van der Waals surface area contributed by atoms with Crippen molar-refractivity contribution >= 4 is 35.7 Å². The Morgan fingerprint density at radius 1 is 0.868 bits per heavy atom. The van der Waals surface area contributed by atoms with E-state index in [1.54, 1.807) is 49.9 Å². The zero-order valence-corrected chi connectivity index (χ0v) is 43.5. The van der Waals surface area contributed by atoms with Crippen LogP contribution in [-0.4, -0.2) is 179 Å². The van der Waals surface area contributed by atoms with Crippen LogP contribution in [0, 0.1) is 41.4 Å². The lowest BCUT2D eigenvalue weighted by Crippen LogP contribution is -2.55. The van der Waals surface area contributed by atoms with Gasteiger partial charge in [0.25, 0.3) is 0 Å². The van der Waals surface area contributed by atoms with Gasteiger partial charge in [-0.3, -0.25) is 19.2 Å². The van der Waals surface area contributed by atoms with Gasteiger partial charge in [0.2, 0.25) is 23.6 Å². The quantitative estimate of drug-likeness (QED) is 0.0668. The van der Waals surface area contributed by atoms with E-state index in [1.807, 2.05) is 82.2 Å². The molecule has 16 nitrogen and oxygen atoms in total. The average molecular weight is 949 g/mol. The predicted molar refractivity (Wildman–Crippen MR) is 265 cm³/mol. The summed E-state index contributed by atoms with van der Waals surface area (Å²) in [6.45, 7) is 11.1. The molecule has 2 fully saturated rings. The van der Waals surface area contributed by atoms with Crippen LogP contribution >= 0.6 is 0 Å². The van der Waals surface area contributed by atoms with Gasteiger partial charge in [-0.15, -0.1) is 11.8 Å². The number of ether oxygens (including phenoxy) is 3. The summed E-state index contributed by atoms with van der Waals surface area (Å²) < 4.78 is 18.0. The summed E-state index contributed by atoms with van der Waals surface area (Å²) in [5.74, 6) is 6.02. The van der Waals surface area contributed by atoms with Crippen molar-refractivity contribution in [1.29, 1.82) is 0 Å². The molecule has 0 radical (unpaired) electrons. The van der Waals surface area contributed by atoms with Gasteiger partial charge in [0, 0.05) is 107 Å². The topological polar surface area (TPSA) is 166 Å². The molecule has 2 aliphatic carbocycles. The number of hydrogen-bond acceptors (Lipinski definition) is 9. The van der Waals surface area contributed by atoms with Crippen LogP contribution in [0.4, 0.5) is 4.79 Å². The standard InChI is InChI=1S/C52H84N8O8/c1-14-35(4)45(59(11)50(64)44(34(2)3)55-51(56(6)7)57(8)9)42(66-12)33-43(61)60-31-22-28-41(60)46(67-13)36(5)48(62)54-40(32-37-24-18-17-19-25-37)49(63)53-29-23-30-58(10)52(65)68-47-38-26-20-15-16-21-27-39(38)47/h17-19,24-25,34-36,38-42,44-47H,14,20-23,26-33H2,1-13H3,(H,53,63)(H,54,62)/t35-,36+,38-,39?,40-,41-,42+,44-,45-,46+,47?/m0/s1. The monoisotopic (exact) mass is 949 g/mol. The molecule has 1 aliphatic heterocycles. The van der Waals surface area contributed by atoms with Crippen LogP contribution in [0.1, 0.15) is 98.0 Å². The Balaban J connectivity index is 1.41. The van der Waals surface area contributed by atoms with Crippen molar-refractivity contribution in [3.63, 3.8) is 0 Å². The van der Waals surface area contributed by atoms with E-state index >= 15 is 0 Å². The summed E-state index contributed by atoms with van der Waals surface area (Å²) in [4.78, 5) is 83.5. The van der Waals surface area contributed by atoms with Crippen molar-refractivity contribution < 1.29 is 38.2 Å². The number of aliphatic imine (C=N–C) groups is 1. The lowest BCUT2D eigenvalue weighted by atomic mass is 9.89. The fourth-order valence-electron chi connectivity index (χ4n) is 10.1. The maximum atomic E-state index is 14.5. The molecule has 11 atom stereocenters. The lowest BCUT2D eigenvalue weighted by molar-refractivity contribution is -0.146. The Morgan fingerprint density at radius 3 is 2.06 bits per heavy atom. The summed E-state index contributed by atoms with van der Waals surface area (Å²) in [6, 6.07) is 7.15. The molecule has 0 spiro atoms. The average Bonchev–Trinajstić information content (AvgIpc) is 3.66. The molecule has 16 heteroatoms. The fraction of sp³-hybridized carbons (Fsp3) is 0.731. The second-order valence-electron chi connectivity index (χ2n) is 19.9. The van der Waals surface area contributed by atoms with E-state index < -0.39 is 42.3 Å². The summed E-state index contributed by atoms with van der Waals surface area (Å²) in [5, 5.41) is 6.00. The normalized spacial score (nSPS) is 21.6. The molecule has 380 valence electrons. The highest BCUT2D eigenvalue weighted by atomic mass is 16.6. The molecule has 0 aromatic heterocycles. The van der Waals surface area contributed by atoms with E-state index in [-0.39, 0.29) is 60.5 Å². The van der Waals surface area contributed by atoms with Gasteiger partial charge in [-0.2, -0.15) is 0 Å². The zero-order chi connectivity index (χ0) is 50.2. The van der Waals surface area contributed by atoms with Crippen molar-refractivity contribution in [2.45, 2.75) is 141 Å². The van der Waals surface area contributed by atoms with Gasteiger partial charge < -0.3 is 49.3 Å². The molecule has 5 amide bonds. The Hall–Kier alpha value is -4.88. The molecule has 2 unspecified atom stereocenters. The van der Waals surface area contributed by atoms with E-state index in [1.165, 1.54) is 0 Å². The van der Waals surface area contributed by atoms with Gasteiger partial charge in [0.05, 0.1) is 36.6 Å². The van der Waals surface area contributed by atoms with E-state index in [0.29, 0.717) is 50.3 Å². The van der Waals surface area contributed by atoms with Crippen LogP contribution in [0.25, 0.3) is 0 Å². The number of nitrogens with zero attached hydrogens (tertiary/aromatic N) is 6. The largest absolute Gasteiger partial charge is 0.445 e. The van der Waals surface area contributed by atoms with Crippen molar-refractivity contribution in [2.75, 3.05) is 76.1 Å². The van der Waals surface area contributed by atoms with Crippen LogP contribution in [-0.2, 0) is 39.8 Å². The van der Waals surface area contributed by atoms with Crippen molar-refractivity contribution in [3.05, 3.63) is 35.9 Å². The van der Waals surface area contributed by atoms with Crippen molar-refractivity contribution in [1.82, 2.24) is 35.1 Å². The number of nitrogens with one attached hydrogen (secondary N) is 2. The van der Waals surface area contributed by atoms with Crippen LogP contribution in [0.15, 0.2) is 35.3 Å². The SMILES string of the molecule is CC[C@H](C)[C@@H]([C@@H](CC(=O)N1CCC[C@H]1[C@H](OC)[C@@H](C)C(=O)N[C@@H](Cc1ccccc1)C(=O)NCCCN(C)C(=O)OC1C2CCC#CCC[C@@H]21)OC)N(C)C(=O)[C@@H](N=C(N(C)C)N(C)C)C(C)C. The highest BCUT2D eigenvalue weighted by molar-refractivity contribution is 5.89. The summed E-state index contributed by atoms with van der Waals surface area (Å²) >= 11 is 0. The first-order chi connectivity index (χ1) is 32.4. The minimum Gasteiger partial charge on any atom is -0.445 e. The van der Waals surface area contributed by atoms with Gasteiger partial charge in [-0.05, 0) is 49.5 Å². The molecular weight excluding hydrogens is 865 g/mol. The number of carbonyl (C=O) groups excluding carboxylic acids is 5. The molecule has 68 heavy (non-hydrogen) atoms. The molecule has 0 bridgehead atoms. The Morgan fingerprint density at radius 2 is 1.50 bits per heavy atom. The molecule has 1 saturated heterocycles. The highest BCUT2D eigenvalue weighted by Crippen LogP contribution is 2.48. The van der Waals surface area contributed by atoms with Crippen molar-refractivity contribution in [3.8, 4) is 11.8 Å². The number of methoxy groups -OCH3 is 2. The number of carbonyl (C=O) groups is 5. The first-order valence-electron chi connectivity index (χ1n) is 24.9. The Labute approximate surface area is 407 Å². The summed E-state index contributed by atoms with van der Waals surface area (Å²) in [6.07, 6.45) is 4.82. The van der Waals surface area contributed by atoms with E-state index in [9.17, 15) is 24.0 Å². The first-order valence-corrected chi connectivity index (χ1v) is 24.9. The predicted octanol–water partition coefficient (Wildman–Crippen LogP) is 4.90. The highest BCUT2D eigenvalue weighted by Gasteiger charge is 2.52. The molecule has 4 rings (SSSR count). The molecule has 3 aliphatic rings. The van der Waals surface area contributed by atoms with Crippen LogP contribution < -0.4 is 10.6 Å². The third-order valence-corrected chi connectivity index (χ3v) is 14.2. The number of amides is 5. The van der Waals surface area contributed by atoms with Gasteiger partial charge >= 0.3 is 6.09 Å². The number of benzene rings is 1. The van der Waals surface area contributed by atoms with Crippen LogP contribution in [0.2, 0.25) is 0 Å². The van der Waals surface area contributed by atoms with Gasteiger partial charge in [-0.1, -0.05) is 71.4 Å². The smallest absolute Gasteiger partial charge is 0.409 e. The van der Waals surface area contributed by atoms with Gasteiger partial charge in [0.15, 0.2) is 5.96 Å². The number of hydrogen-bond donors (Lipinski definition) is 2. The minimum atomic E-state index is -0.887. The third kappa shape index (κ3) is 15.1. The summed E-state index contributed by atoms with van der Waals surface area (Å²) in [5.41, 5.74) is 0.882. The zero-order valence-electron chi connectivity index (χ0n) is 43.5. The molecule has 1 aromatic carbocycles. The number of rotatable bonds is 23. The summed E-state index contributed by atoms with van der Waals surface area (Å²) in [7, 11) is 14.2. The molecule has 1 aromatic rings. The number of guanidine groups is 1. The Bertz CT molecular complexity index is 1870. The molecule has 1 heterocycles. The second-order valence-corrected chi connectivity index (χ2v) is 19.9. The molecule has 2 N–H and O–H groups in total. The Kier molecular flexibility index (Phi) is 21.9. The first kappa shape index (κ1) is 55.7. The van der Waals surface area contributed by atoms with Crippen molar-refractivity contribution in [2.24, 2.45) is 34.6 Å². The number of likely N-dealkylation sites (tertiary alicyclic amines) is 1. The fourth-order valence-corrected chi connectivity index (χ4v) is 10.1. The van der Waals surface area contributed by atoms with Gasteiger partial charge in [-0.25, -0.2) is 9.79 Å². The third-order valence-electron chi connectivity index (χ3n) is 14.2. The lowest BCUT2D eigenvalue weighted by Gasteiger charge is -2.40. The van der Waals surface area contributed by atoms with E-state index in [4.69, 9.17) is 19.2 Å². The molecular formula is C52H84N8O8. The van der Waals surface area contributed by atoms with Crippen LogP contribution in [0.3, 0.4) is 0 Å². The van der Waals surface area contributed by atoms with Gasteiger partial charge in [0.1, 0.15) is 18.2 Å². The maximum absolute atomic E-state index is 14.5.